The molecule has 12 aromatic rings. The largest absolute Gasteiger partial charge is 0.456 e. The third-order valence-corrected chi connectivity index (χ3v) is 12.1. The van der Waals surface area contributed by atoms with Crippen molar-refractivity contribution in [1.29, 1.82) is 0 Å². The van der Waals surface area contributed by atoms with Crippen LogP contribution in [0.5, 0.6) is 0 Å². The Morgan fingerprint density at radius 1 is 0.379 bits per heavy atom. The average molecular weight is 741 g/mol. The van der Waals surface area contributed by atoms with E-state index in [4.69, 9.17) is 4.42 Å². The number of furan rings is 1. The summed E-state index contributed by atoms with van der Waals surface area (Å²) in [6, 6.07) is 74.9. The Hall–Kier alpha value is -7.62. The van der Waals surface area contributed by atoms with E-state index in [1.165, 1.54) is 59.8 Å². The first-order chi connectivity index (χ1) is 28.7. The Kier molecular flexibility index (Phi) is 7.29. The molecule has 10 aromatic carbocycles. The van der Waals surface area contributed by atoms with Gasteiger partial charge < -0.3 is 13.9 Å². The molecule has 0 atom stereocenters. The number of fused-ring (bicyclic) bond motifs is 11. The SMILES string of the molecule is c1ccc(-c2ccccc2CN(c2ccc3c(ccc4c5ccccc5ccc34)c2)c2ccc3c4ccccc4n(-c4ccc5c(c4)oc4ccccc45)c3c2)cc1. The van der Waals surface area contributed by atoms with E-state index in [2.05, 4.69) is 204 Å². The van der Waals surface area contributed by atoms with Crippen LogP contribution in [0.1, 0.15) is 5.56 Å². The summed E-state index contributed by atoms with van der Waals surface area (Å²) in [4.78, 5) is 2.48. The molecule has 0 spiro atoms. The second-order valence-corrected chi connectivity index (χ2v) is 15.3. The predicted octanol–water partition coefficient (Wildman–Crippen LogP) is 15.1. The molecular formula is C55H36N2O. The van der Waals surface area contributed by atoms with Gasteiger partial charge in [-0.05, 0) is 97.5 Å². The van der Waals surface area contributed by atoms with Gasteiger partial charge in [-0.1, -0.05) is 152 Å². The van der Waals surface area contributed by atoms with Crippen LogP contribution in [0.2, 0.25) is 0 Å². The summed E-state index contributed by atoms with van der Waals surface area (Å²) in [6.45, 7) is 0.686. The first-order valence-electron chi connectivity index (χ1n) is 20.0. The lowest BCUT2D eigenvalue weighted by atomic mass is 9.96. The van der Waals surface area contributed by atoms with E-state index in [0.29, 0.717) is 6.54 Å². The second-order valence-electron chi connectivity index (χ2n) is 15.3. The minimum absolute atomic E-state index is 0.686. The van der Waals surface area contributed by atoms with Crippen molar-refractivity contribution < 1.29 is 4.42 Å². The van der Waals surface area contributed by atoms with Gasteiger partial charge in [-0.15, -0.1) is 0 Å². The first kappa shape index (κ1) is 32.6. The minimum Gasteiger partial charge on any atom is -0.456 e. The third kappa shape index (κ3) is 5.14. The fraction of sp³-hybridized carbons (Fsp3) is 0.0182. The monoisotopic (exact) mass is 740 g/mol. The van der Waals surface area contributed by atoms with Crippen LogP contribution < -0.4 is 4.90 Å². The van der Waals surface area contributed by atoms with Crippen LogP contribution in [0.15, 0.2) is 211 Å². The summed E-state index contributed by atoms with van der Waals surface area (Å²) < 4.78 is 8.81. The van der Waals surface area contributed by atoms with Crippen molar-refractivity contribution in [3.05, 3.63) is 212 Å². The van der Waals surface area contributed by atoms with E-state index >= 15 is 0 Å². The van der Waals surface area contributed by atoms with Gasteiger partial charge in [-0.2, -0.15) is 0 Å². The topological polar surface area (TPSA) is 21.3 Å². The lowest BCUT2D eigenvalue weighted by Crippen LogP contribution is -2.17. The van der Waals surface area contributed by atoms with Crippen LogP contribution in [0, 0.1) is 0 Å². The third-order valence-electron chi connectivity index (χ3n) is 12.1. The molecule has 0 aliphatic heterocycles. The highest BCUT2D eigenvalue weighted by molar-refractivity contribution is 6.18. The maximum absolute atomic E-state index is 6.41. The molecule has 0 unspecified atom stereocenters. The molecule has 0 bridgehead atoms. The highest BCUT2D eigenvalue weighted by Crippen LogP contribution is 2.41. The van der Waals surface area contributed by atoms with Gasteiger partial charge in [0.15, 0.2) is 0 Å². The van der Waals surface area contributed by atoms with Crippen molar-refractivity contribution in [2.75, 3.05) is 4.90 Å². The normalized spacial score (nSPS) is 11.9. The molecule has 0 radical (unpaired) electrons. The Morgan fingerprint density at radius 2 is 0.983 bits per heavy atom. The van der Waals surface area contributed by atoms with Crippen LogP contribution in [0.3, 0.4) is 0 Å². The zero-order valence-corrected chi connectivity index (χ0v) is 31.6. The van der Waals surface area contributed by atoms with Crippen LogP contribution in [-0.4, -0.2) is 4.57 Å². The summed E-state index contributed by atoms with van der Waals surface area (Å²) >= 11 is 0. The standard InChI is InChI=1S/C55H36N2O/c1-2-12-36(13-3-1)43-16-6-5-15-39(43)35-56(40-24-29-45-38(32-40)23-28-46-44-17-7-4-14-37(44)22-27-47(45)46)41-25-30-49-48-18-8-10-20-52(48)57(53(49)33-41)42-26-31-51-50-19-9-11-21-54(50)58-55(51)34-42/h1-34H,35H2. The van der Waals surface area contributed by atoms with Gasteiger partial charge in [0.2, 0.25) is 0 Å². The van der Waals surface area contributed by atoms with Gasteiger partial charge >= 0.3 is 0 Å². The maximum Gasteiger partial charge on any atom is 0.137 e. The molecule has 0 saturated carbocycles. The fourth-order valence-electron chi connectivity index (χ4n) is 9.30. The van der Waals surface area contributed by atoms with Crippen LogP contribution in [0.25, 0.3) is 92.9 Å². The van der Waals surface area contributed by atoms with Gasteiger partial charge in [-0.3, -0.25) is 0 Å². The van der Waals surface area contributed by atoms with Crippen molar-refractivity contribution in [3.63, 3.8) is 0 Å². The van der Waals surface area contributed by atoms with E-state index in [0.717, 1.165) is 50.0 Å². The number of hydrogen-bond donors (Lipinski definition) is 0. The molecule has 2 aromatic heterocycles. The molecule has 12 rings (SSSR count). The van der Waals surface area contributed by atoms with E-state index in [1.54, 1.807) is 0 Å². The molecular weight excluding hydrogens is 705 g/mol. The quantitative estimate of drug-likeness (QED) is 0.158. The number of benzene rings is 10. The highest BCUT2D eigenvalue weighted by Gasteiger charge is 2.19. The molecule has 0 fully saturated rings. The van der Waals surface area contributed by atoms with Crippen molar-refractivity contribution in [3.8, 4) is 16.8 Å². The molecule has 0 saturated heterocycles. The number of aromatic nitrogens is 1. The zero-order chi connectivity index (χ0) is 38.2. The predicted molar refractivity (Wildman–Crippen MR) is 245 cm³/mol. The van der Waals surface area contributed by atoms with Crippen molar-refractivity contribution in [2.24, 2.45) is 0 Å². The number of nitrogens with zero attached hydrogens (tertiary/aromatic N) is 2. The number of rotatable bonds is 6. The molecule has 58 heavy (non-hydrogen) atoms. The molecule has 2 heterocycles. The highest BCUT2D eigenvalue weighted by atomic mass is 16.3. The van der Waals surface area contributed by atoms with Gasteiger partial charge in [0.25, 0.3) is 0 Å². The van der Waals surface area contributed by atoms with Crippen LogP contribution in [-0.2, 0) is 6.54 Å². The fourth-order valence-corrected chi connectivity index (χ4v) is 9.30. The van der Waals surface area contributed by atoms with Crippen LogP contribution in [0.4, 0.5) is 11.4 Å². The van der Waals surface area contributed by atoms with E-state index in [1.807, 2.05) is 12.1 Å². The minimum atomic E-state index is 0.686. The summed E-state index contributed by atoms with van der Waals surface area (Å²) in [5.74, 6) is 0. The van der Waals surface area contributed by atoms with Gasteiger partial charge in [-0.25, -0.2) is 0 Å². The number of anilines is 2. The molecule has 0 amide bonds. The van der Waals surface area contributed by atoms with Gasteiger partial charge in [0.05, 0.1) is 11.0 Å². The first-order valence-corrected chi connectivity index (χ1v) is 20.0. The molecule has 0 N–H and O–H groups in total. The van der Waals surface area contributed by atoms with Gasteiger partial charge in [0, 0.05) is 51.2 Å². The van der Waals surface area contributed by atoms with Crippen molar-refractivity contribution >= 4 is 87.4 Å². The summed E-state index contributed by atoms with van der Waals surface area (Å²) in [6.07, 6.45) is 0. The number of para-hydroxylation sites is 2. The van der Waals surface area contributed by atoms with Crippen molar-refractivity contribution in [1.82, 2.24) is 4.57 Å². The second kappa shape index (κ2) is 13.0. The van der Waals surface area contributed by atoms with E-state index in [-0.39, 0.29) is 0 Å². The Balaban J connectivity index is 1.07. The molecule has 272 valence electrons. The Bertz CT molecular complexity index is 3560. The maximum atomic E-state index is 6.41. The zero-order valence-electron chi connectivity index (χ0n) is 31.6. The molecule has 0 aliphatic carbocycles. The van der Waals surface area contributed by atoms with E-state index < -0.39 is 0 Å². The summed E-state index contributed by atoms with van der Waals surface area (Å²) in [7, 11) is 0. The smallest absolute Gasteiger partial charge is 0.137 e. The lowest BCUT2D eigenvalue weighted by Gasteiger charge is -2.27. The van der Waals surface area contributed by atoms with Crippen molar-refractivity contribution in [2.45, 2.75) is 6.54 Å². The average Bonchev–Trinajstić information content (AvgIpc) is 3.83. The molecule has 3 heteroatoms. The molecule has 3 nitrogen and oxygen atoms in total. The number of hydrogen-bond acceptors (Lipinski definition) is 2. The Labute approximate surface area is 335 Å². The molecule has 0 aliphatic rings. The lowest BCUT2D eigenvalue weighted by molar-refractivity contribution is 0.668. The van der Waals surface area contributed by atoms with Gasteiger partial charge in [0.1, 0.15) is 11.2 Å². The summed E-state index contributed by atoms with van der Waals surface area (Å²) in [5, 5.41) is 12.3. The Morgan fingerprint density at radius 3 is 1.86 bits per heavy atom. The van der Waals surface area contributed by atoms with E-state index in [9.17, 15) is 0 Å². The van der Waals surface area contributed by atoms with Crippen LogP contribution >= 0.6 is 0 Å². The summed E-state index contributed by atoms with van der Waals surface area (Å²) in [5.41, 5.74) is 11.1.